The van der Waals surface area contributed by atoms with Crippen molar-refractivity contribution >= 4 is 0 Å². The highest BCUT2D eigenvalue weighted by Crippen LogP contribution is 2.24. The van der Waals surface area contributed by atoms with Gasteiger partial charge in [0.2, 0.25) is 0 Å². The lowest BCUT2D eigenvalue weighted by atomic mass is 10.0. The largest absolute Gasteiger partial charge is 0.375 e. The molecule has 0 saturated carbocycles. The van der Waals surface area contributed by atoms with Crippen LogP contribution in [0, 0.1) is 5.92 Å². The summed E-state index contributed by atoms with van der Waals surface area (Å²) < 4.78 is 5.47. The van der Waals surface area contributed by atoms with Gasteiger partial charge >= 0.3 is 0 Å². The van der Waals surface area contributed by atoms with Crippen molar-refractivity contribution in [1.29, 1.82) is 0 Å². The molecular weight excluding hydrogens is 100 g/mol. The van der Waals surface area contributed by atoms with E-state index in [-0.39, 0.29) is 0 Å². The van der Waals surface area contributed by atoms with E-state index in [0.717, 1.165) is 5.92 Å². The molecule has 0 aromatic carbocycles. The smallest absolute Gasteiger partial charge is 0.0577 e. The Labute approximate surface area is 51.0 Å². The third-order valence-electron chi connectivity index (χ3n) is 1.95. The van der Waals surface area contributed by atoms with Gasteiger partial charge < -0.3 is 4.74 Å². The predicted octanol–water partition coefficient (Wildman–Crippen LogP) is 1.82. The van der Waals surface area contributed by atoms with Crippen LogP contribution in [-0.4, -0.2) is 12.2 Å². The summed E-state index contributed by atoms with van der Waals surface area (Å²) in [6.07, 6.45) is 2.23. The first-order chi connectivity index (χ1) is 3.70. The lowest BCUT2D eigenvalue weighted by Gasteiger charge is -2.05. The highest BCUT2D eigenvalue weighted by molar-refractivity contribution is 4.72. The third-order valence-corrected chi connectivity index (χ3v) is 1.95. The minimum atomic E-state index is 0.491. The van der Waals surface area contributed by atoms with Gasteiger partial charge in [0, 0.05) is 0 Å². The molecule has 3 atom stereocenters. The molecule has 1 rings (SSSR count). The maximum absolute atomic E-state index is 5.47. The zero-order chi connectivity index (χ0) is 6.15. The molecule has 0 aromatic rings. The number of rotatable bonds is 0. The van der Waals surface area contributed by atoms with E-state index in [4.69, 9.17) is 4.74 Å². The van der Waals surface area contributed by atoms with E-state index in [1.165, 1.54) is 6.42 Å². The van der Waals surface area contributed by atoms with E-state index < -0.39 is 0 Å². The quantitative estimate of drug-likeness (QED) is 0.466. The predicted molar refractivity (Wildman–Crippen MR) is 33.8 cm³/mol. The van der Waals surface area contributed by atoms with E-state index in [0.29, 0.717) is 12.2 Å². The Morgan fingerprint density at radius 3 is 2.00 bits per heavy atom. The van der Waals surface area contributed by atoms with Gasteiger partial charge in [-0.3, -0.25) is 0 Å². The highest BCUT2D eigenvalue weighted by atomic mass is 16.5. The van der Waals surface area contributed by atoms with Crippen LogP contribution in [0.1, 0.15) is 27.2 Å². The van der Waals surface area contributed by atoms with Crippen LogP contribution in [0.3, 0.4) is 0 Å². The number of hydrogen-bond acceptors (Lipinski definition) is 1. The van der Waals surface area contributed by atoms with Crippen LogP contribution < -0.4 is 0 Å². The third kappa shape index (κ3) is 1.03. The molecule has 1 nitrogen and oxygen atoms in total. The second-order valence-electron chi connectivity index (χ2n) is 2.86. The summed E-state index contributed by atoms with van der Waals surface area (Å²) in [5, 5.41) is 0. The maximum atomic E-state index is 5.47. The highest BCUT2D eigenvalue weighted by Gasteiger charge is 2.24. The van der Waals surface area contributed by atoms with Gasteiger partial charge in [-0.05, 0) is 26.2 Å². The van der Waals surface area contributed by atoms with Gasteiger partial charge in [-0.15, -0.1) is 0 Å². The Morgan fingerprint density at radius 2 is 1.88 bits per heavy atom. The molecule has 1 fully saturated rings. The molecule has 1 aliphatic rings. The van der Waals surface area contributed by atoms with Crippen LogP contribution in [0.25, 0.3) is 0 Å². The first kappa shape index (κ1) is 6.09. The summed E-state index contributed by atoms with van der Waals surface area (Å²) in [4.78, 5) is 0. The molecular formula is C7H14O. The van der Waals surface area contributed by atoms with Gasteiger partial charge in [0.05, 0.1) is 12.2 Å². The van der Waals surface area contributed by atoms with Crippen molar-refractivity contribution in [2.75, 3.05) is 0 Å². The average molecular weight is 114 g/mol. The summed E-state index contributed by atoms with van der Waals surface area (Å²) in [5.74, 6) is 0.769. The molecule has 1 saturated heterocycles. The van der Waals surface area contributed by atoms with E-state index >= 15 is 0 Å². The molecule has 0 bridgehead atoms. The summed E-state index contributed by atoms with van der Waals surface area (Å²) in [6, 6.07) is 0. The van der Waals surface area contributed by atoms with E-state index in [2.05, 4.69) is 20.8 Å². The number of ether oxygens (including phenoxy) is 1. The van der Waals surface area contributed by atoms with Crippen molar-refractivity contribution in [3.8, 4) is 0 Å². The molecule has 0 radical (unpaired) electrons. The van der Waals surface area contributed by atoms with Crippen LogP contribution in [0.5, 0.6) is 0 Å². The average Bonchev–Trinajstić information content (AvgIpc) is 1.85. The molecule has 0 aromatic heterocycles. The second kappa shape index (κ2) is 2.06. The lowest BCUT2D eigenvalue weighted by molar-refractivity contribution is 0.0580. The van der Waals surface area contributed by atoms with Crippen molar-refractivity contribution in [1.82, 2.24) is 0 Å². The zero-order valence-corrected chi connectivity index (χ0v) is 5.85. The summed E-state index contributed by atoms with van der Waals surface area (Å²) in [5.41, 5.74) is 0. The van der Waals surface area contributed by atoms with Crippen LogP contribution >= 0.6 is 0 Å². The molecule has 0 aliphatic carbocycles. The lowest BCUT2D eigenvalue weighted by Crippen LogP contribution is -2.06. The second-order valence-corrected chi connectivity index (χ2v) is 2.86. The molecule has 1 heteroatoms. The van der Waals surface area contributed by atoms with Gasteiger partial charge in [-0.1, -0.05) is 6.92 Å². The molecule has 0 N–H and O–H groups in total. The Morgan fingerprint density at radius 1 is 1.25 bits per heavy atom. The molecule has 1 unspecified atom stereocenters. The summed E-state index contributed by atoms with van der Waals surface area (Å²) in [7, 11) is 0. The fraction of sp³-hybridized carbons (Fsp3) is 1.00. The zero-order valence-electron chi connectivity index (χ0n) is 5.85. The topological polar surface area (TPSA) is 9.23 Å². The van der Waals surface area contributed by atoms with Crippen molar-refractivity contribution in [3.05, 3.63) is 0 Å². The van der Waals surface area contributed by atoms with Crippen LogP contribution in [-0.2, 0) is 4.74 Å². The fourth-order valence-electron chi connectivity index (χ4n) is 1.27. The molecule has 48 valence electrons. The monoisotopic (exact) mass is 114 g/mol. The number of hydrogen-bond donors (Lipinski definition) is 0. The first-order valence-corrected chi connectivity index (χ1v) is 3.35. The molecule has 1 heterocycles. The van der Waals surface area contributed by atoms with Crippen LogP contribution in [0.4, 0.5) is 0 Å². The molecule has 8 heavy (non-hydrogen) atoms. The minimum absolute atomic E-state index is 0.491. The van der Waals surface area contributed by atoms with Crippen LogP contribution in [0.2, 0.25) is 0 Å². The summed E-state index contributed by atoms with van der Waals surface area (Å²) >= 11 is 0. The van der Waals surface area contributed by atoms with E-state index in [9.17, 15) is 0 Å². The first-order valence-electron chi connectivity index (χ1n) is 3.35. The van der Waals surface area contributed by atoms with E-state index in [1.807, 2.05) is 0 Å². The fourth-order valence-corrected chi connectivity index (χ4v) is 1.27. The SMILES string of the molecule is CC1C[C@@H](C)[C@@H](C)O1. The van der Waals surface area contributed by atoms with Crippen molar-refractivity contribution in [2.45, 2.75) is 39.4 Å². The minimum Gasteiger partial charge on any atom is -0.375 e. The standard InChI is InChI=1S/C7H14O/c1-5-4-6(2)8-7(5)3/h5-7H,4H2,1-3H3/t5-,6?,7-/m1/s1. The normalized spacial score (nSPS) is 47.6. The molecule has 0 spiro atoms. The Balaban J connectivity index is 2.39. The van der Waals surface area contributed by atoms with Gasteiger partial charge in [-0.25, -0.2) is 0 Å². The summed E-state index contributed by atoms with van der Waals surface area (Å²) in [6.45, 7) is 6.53. The van der Waals surface area contributed by atoms with Crippen LogP contribution in [0.15, 0.2) is 0 Å². The van der Waals surface area contributed by atoms with Crippen molar-refractivity contribution in [3.63, 3.8) is 0 Å². The Hall–Kier alpha value is -0.0400. The van der Waals surface area contributed by atoms with Crippen molar-refractivity contribution in [2.24, 2.45) is 5.92 Å². The van der Waals surface area contributed by atoms with Crippen molar-refractivity contribution < 1.29 is 4.74 Å². The van der Waals surface area contributed by atoms with Gasteiger partial charge in [0.15, 0.2) is 0 Å². The van der Waals surface area contributed by atoms with Gasteiger partial charge in [0.1, 0.15) is 0 Å². The maximum Gasteiger partial charge on any atom is 0.0577 e. The van der Waals surface area contributed by atoms with Gasteiger partial charge in [-0.2, -0.15) is 0 Å². The van der Waals surface area contributed by atoms with E-state index in [1.54, 1.807) is 0 Å². The Bertz CT molecular complexity index is 70.5. The van der Waals surface area contributed by atoms with Gasteiger partial charge in [0.25, 0.3) is 0 Å². The molecule has 1 aliphatic heterocycles. The molecule has 0 amide bonds. The Kier molecular flexibility index (Phi) is 1.57.